The van der Waals surface area contributed by atoms with Crippen LogP contribution < -0.4 is 10.1 Å². The topological polar surface area (TPSA) is 112 Å². The molecule has 0 bridgehead atoms. The second kappa shape index (κ2) is 10.8. The third kappa shape index (κ3) is 5.49. The summed E-state index contributed by atoms with van der Waals surface area (Å²) in [4.78, 5) is 28.5. The third-order valence-electron chi connectivity index (χ3n) is 6.65. The molecule has 1 aliphatic heterocycles. The molecule has 2 aromatic heterocycles. The molecule has 5 rings (SSSR count). The minimum atomic E-state index is -0.529. The Balaban J connectivity index is 1.09. The van der Waals surface area contributed by atoms with Gasteiger partial charge in [-0.15, -0.1) is 0 Å². The summed E-state index contributed by atoms with van der Waals surface area (Å²) in [6.07, 6.45) is 1.49. The summed E-state index contributed by atoms with van der Waals surface area (Å²) in [6, 6.07) is 18.0. The summed E-state index contributed by atoms with van der Waals surface area (Å²) < 4.78 is 12.9. The van der Waals surface area contributed by atoms with Crippen LogP contribution in [0.4, 0.5) is 10.5 Å². The molecule has 1 saturated heterocycles. The van der Waals surface area contributed by atoms with Crippen LogP contribution in [0, 0.1) is 10.1 Å². The molecule has 10 heteroatoms. The largest absolute Gasteiger partial charge is 0.474 e. The van der Waals surface area contributed by atoms with Gasteiger partial charge >= 0.3 is 6.09 Å². The normalized spacial score (nSPS) is 15.8. The Bertz CT molecular complexity index is 1420. The number of fused-ring (bicyclic) bond motifs is 3. The second-order valence-corrected chi connectivity index (χ2v) is 9.07. The molecule has 0 spiro atoms. The van der Waals surface area contributed by atoms with Crippen molar-refractivity contribution in [1.29, 1.82) is 0 Å². The van der Waals surface area contributed by atoms with Crippen LogP contribution in [0.5, 0.6) is 5.88 Å². The van der Waals surface area contributed by atoms with Gasteiger partial charge in [0.05, 0.1) is 4.92 Å². The zero-order chi connectivity index (χ0) is 25.8. The first-order chi connectivity index (χ1) is 18.0. The number of hydrogen-bond acceptors (Lipinski definition) is 7. The van der Waals surface area contributed by atoms with E-state index in [9.17, 15) is 14.9 Å². The number of nitro groups is 1. The summed E-state index contributed by atoms with van der Waals surface area (Å²) >= 11 is 0. The predicted molar refractivity (Wildman–Crippen MR) is 140 cm³/mol. The number of likely N-dealkylation sites (tertiary alicyclic amines) is 1. The maximum Gasteiger partial charge on any atom is 0.407 e. The van der Waals surface area contributed by atoms with Gasteiger partial charge in [0.25, 0.3) is 5.69 Å². The highest BCUT2D eigenvalue weighted by Crippen LogP contribution is 2.30. The van der Waals surface area contributed by atoms with Gasteiger partial charge < -0.3 is 19.4 Å². The van der Waals surface area contributed by atoms with E-state index in [1.165, 1.54) is 39.5 Å². The highest BCUT2D eigenvalue weighted by atomic mass is 16.6. The van der Waals surface area contributed by atoms with Gasteiger partial charge in [0.15, 0.2) is 0 Å². The van der Waals surface area contributed by atoms with E-state index >= 15 is 0 Å². The second-order valence-electron chi connectivity index (χ2n) is 9.07. The van der Waals surface area contributed by atoms with Crippen LogP contribution in [-0.2, 0) is 17.8 Å². The number of nitrogens with zero attached hydrogens (tertiary/aromatic N) is 4. The van der Waals surface area contributed by atoms with Gasteiger partial charge in [-0.2, -0.15) is 0 Å². The maximum absolute atomic E-state index is 12.2. The minimum absolute atomic E-state index is 0.0236. The molecule has 1 unspecified atom stereocenters. The Kier molecular flexibility index (Phi) is 7.18. The zero-order valence-electron chi connectivity index (χ0n) is 20.6. The van der Waals surface area contributed by atoms with Crippen LogP contribution in [0.2, 0.25) is 0 Å². The van der Waals surface area contributed by atoms with Gasteiger partial charge in [0, 0.05) is 66.2 Å². The molecule has 4 aromatic rings. The number of rotatable bonds is 9. The number of para-hydroxylation sites is 1. The van der Waals surface area contributed by atoms with E-state index in [-0.39, 0.29) is 30.8 Å². The Hall–Kier alpha value is -4.18. The van der Waals surface area contributed by atoms with Crippen molar-refractivity contribution < 1.29 is 19.2 Å². The predicted octanol–water partition coefficient (Wildman–Crippen LogP) is 4.50. The van der Waals surface area contributed by atoms with Crippen molar-refractivity contribution >= 4 is 33.6 Å². The number of ether oxygens (including phenoxy) is 2. The molecule has 1 fully saturated rings. The smallest absolute Gasteiger partial charge is 0.407 e. The van der Waals surface area contributed by atoms with Crippen LogP contribution in [0.3, 0.4) is 0 Å². The molecule has 192 valence electrons. The molecule has 0 radical (unpaired) electrons. The Morgan fingerprint density at radius 2 is 1.97 bits per heavy atom. The molecule has 3 heterocycles. The number of benzene rings is 2. The summed E-state index contributed by atoms with van der Waals surface area (Å²) in [6.45, 7) is 5.73. The van der Waals surface area contributed by atoms with E-state index < -0.39 is 11.0 Å². The molecular formula is C27H29N5O5. The Morgan fingerprint density at radius 3 is 2.76 bits per heavy atom. The van der Waals surface area contributed by atoms with Crippen LogP contribution in [-0.4, -0.2) is 57.8 Å². The van der Waals surface area contributed by atoms with Crippen LogP contribution in [0.1, 0.15) is 18.9 Å². The van der Waals surface area contributed by atoms with E-state index in [0.717, 1.165) is 38.8 Å². The van der Waals surface area contributed by atoms with Gasteiger partial charge in [-0.3, -0.25) is 15.0 Å². The number of aromatic nitrogens is 2. The summed E-state index contributed by atoms with van der Waals surface area (Å²) in [5, 5.41) is 16.1. The highest BCUT2D eigenvalue weighted by molar-refractivity contribution is 6.08. The van der Waals surface area contributed by atoms with Crippen LogP contribution in [0.25, 0.3) is 21.8 Å². The van der Waals surface area contributed by atoms with Crippen molar-refractivity contribution in [3.8, 4) is 5.88 Å². The van der Waals surface area contributed by atoms with Crippen molar-refractivity contribution in [2.45, 2.75) is 32.5 Å². The molecule has 1 N–H and O–H groups in total. The average Bonchev–Trinajstić information content (AvgIpc) is 3.48. The van der Waals surface area contributed by atoms with Crippen molar-refractivity contribution in [3.63, 3.8) is 0 Å². The summed E-state index contributed by atoms with van der Waals surface area (Å²) in [5.41, 5.74) is 3.66. The van der Waals surface area contributed by atoms with Gasteiger partial charge in [0.2, 0.25) is 5.88 Å². The maximum atomic E-state index is 12.2. The SMILES string of the molecule is CCn1c2ccccc2c2cc(CN3CCC(NC(=O)OCCOc4ccc([N+](=O)[O-])cn4)C3)ccc21. The van der Waals surface area contributed by atoms with E-state index in [0.29, 0.717) is 0 Å². The number of pyridine rings is 1. The molecule has 1 aliphatic rings. The Morgan fingerprint density at radius 1 is 1.14 bits per heavy atom. The van der Waals surface area contributed by atoms with Gasteiger partial charge in [-0.25, -0.2) is 9.78 Å². The van der Waals surface area contributed by atoms with E-state index in [2.05, 4.69) is 69.2 Å². The van der Waals surface area contributed by atoms with Crippen molar-refractivity contribution in [3.05, 3.63) is 76.5 Å². The number of carbonyl (C=O) groups excluding carboxylic acids is 1. The van der Waals surface area contributed by atoms with Crippen molar-refractivity contribution in [2.75, 3.05) is 26.3 Å². The van der Waals surface area contributed by atoms with Gasteiger partial charge in [-0.1, -0.05) is 24.3 Å². The third-order valence-corrected chi connectivity index (χ3v) is 6.65. The van der Waals surface area contributed by atoms with Crippen molar-refractivity contribution in [1.82, 2.24) is 19.8 Å². The summed E-state index contributed by atoms with van der Waals surface area (Å²) in [5.74, 6) is 0.235. The first-order valence-corrected chi connectivity index (χ1v) is 12.4. The first kappa shape index (κ1) is 24.5. The lowest BCUT2D eigenvalue weighted by molar-refractivity contribution is -0.385. The summed E-state index contributed by atoms with van der Waals surface area (Å²) in [7, 11) is 0. The number of aryl methyl sites for hydroxylation is 1. The van der Waals surface area contributed by atoms with E-state index in [1.54, 1.807) is 0 Å². The highest BCUT2D eigenvalue weighted by Gasteiger charge is 2.24. The fraction of sp³-hybridized carbons (Fsp3) is 0.333. The molecule has 2 aromatic carbocycles. The number of amides is 1. The molecular weight excluding hydrogens is 474 g/mol. The number of alkyl carbamates (subject to hydrolysis) is 1. The van der Waals surface area contributed by atoms with Crippen LogP contribution in [0.15, 0.2) is 60.8 Å². The fourth-order valence-corrected chi connectivity index (χ4v) is 4.95. The van der Waals surface area contributed by atoms with Crippen molar-refractivity contribution in [2.24, 2.45) is 0 Å². The first-order valence-electron chi connectivity index (χ1n) is 12.4. The lowest BCUT2D eigenvalue weighted by Crippen LogP contribution is -2.37. The minimum Gasteiger partial charge on any atom is -0.474 e. The average molecular weight is 504 g/mol. The van der Waals surface area contributed by atoms with Crippen LogP contribution >= 0.6 is 0 Å². The monoisotopic (exact) mass is 503 g/mol. The quantitative estimate of drug-likeness (QED) is 0.203. The molecule has 10 nitrogen and oxygen atoms in total. The molecule has 1 amide bonds. The van der Waals surface area contributed by atoms with Gasteiger partial charge in [0.1, 0.15) is 19.4 Å². The number of carbonyl (C=O) groups is 1. The molecule has 0 aliphatic carbocycles. The molecule has 37 heavy (non-hydrogen) atoms. The zero-order valence-corrected chi connectivity index (χ0v) is 20.6. The lowest BCUT2D eigenvalue weighted by atomic mass is 10.1. The number of hydrogen-bond donors (Lipinski definition) is 1. The Labute approximate surface area is 213 Å². The lowest BCUT2D eigenvalue weighted by Gasteiger charge is -2.17. The van der Waals surface area contributed by atoms with E-state index in [4.69, 9.17) is 9.47 Å². The molecule has 0 saturated carbocycles. The van der Waals surface area contributed by atoms with E-state index in [1.807, 2.05) is 0 Å². The van der Waals surface area contributed by atoms with Gasteiger partial charge in [-0.05, 0) is 37.1 Å². The molecule has 1 atom stereocenters. The standard InChI is InChI=1S/C27H29N5O5/c1-2-31-24-6-4-3-5-22(24)23-15-19(7-9-25(23)31)17-30-12-11-20(18-30)29-27(33)37-14-13-36-26-10-8-21(16-28-26)32(34)35/h3-10,15-16,20H,2,11-14,17-18H2,1H3,(H,29,33). The fourth-order valence-electron chi connectivity index (χ4n) is 4.95. The number of nitrogens with one attached hydrogen (secondary N) is 1.